The van der Waals surface area contributed by atoms with Gasteiger partial charge in [0.15, 0.2) is 0 Å². The largest absolute Gasteiger partial charge is 0.496 e. The lowest BCUT2D eigenvalue weighted by molar-refractivity contribution is -0.141. The molecule has 4 aromatic rings. The highest BCUT2D eigenvalue weighted by molar-refractivity contribution is 6.36. The number of rotatable bonds is 13. The minimum Gasteiger partial charge on any atom is -0.496 e. The van der Waals surface area contributed by atoms with Crippen LogP contribution >= 0.6 is 23.2 Å². The number of methoxy groups -OCH3 is 2. The van der Waals surface area contributed by atoms with Gasteiger partial charge in [0.25, 0.3) is 0 Å². The highest BCUT2D eigenvalue weighted by atomic mass is 35.5. The number of ether oxygens (including phenoxy) is 2. The monoisotopic (exact) mass is 742 g/mol. The first-order valence-corrected chi connectivity index (χ1v) is 18.8. The summed E-state index contributed by atoms with van der Waals surface area (Å²) < 4.78 is 11.5. The van der Waals surface area contributed by atoms with Crippen molar-refractivity contribution in [2.45, 2.75) is 70.0 Å². The summed E-state index contributed by atoms with van der Waals surface area (Å²) in [6.07, 6.45) is 6.63. The Morgan fingerprint density at radius 3 is 2.54 bits per heavy atom. The number of nitrogens with zero attached hydrogens (tertiary/aromatic N) is 2. The second-order valence-electron chi connectivity index (χ2n) is 14.0. The molecule has 1 amide bonds. The van der Waals surface area contributed by atoms with Crippen LogP contribution < -0.4 is 20.1 Å². The van der Waals surface area contributed by atoms with Crippen molar-refractivity contribution in [1.29, 1.82) is 0 Å². The molecule has 9 nitrogen and oxygen atoms in total. The molecule has 2 aliphatic heterocycles. The maximum Gasteiger partial charge on any atom is 0.307 e. The van der Waals surface area contributed by atoms with Gasteiger partial charge in [0.05, 0.1) is 47.6 Å². The number of carbonyl (C=O) groups is 2. The van der Waals surface area contributed by atoms with E-state index in [0.29, 0.717) is 41.9 Å². The van der Waals surface area contributed by atoms with Gasteiger partial charge in [-0.2, -0.15) is 0 Å². The molecule has 1 aliphatic carbocycles. The summed E-state index contributed by atoms with van der Waals surface area (Å²) in [4.78, 5) is 30.0. The predicted octanol–water partition coefficient (Wildman–Crippen LogP) is 8.35. The van der Waals surface area contributed by atoms with E-state index in [2.05, 4.69) is 45.9 Å². The summed E-state index contributed by atoms with van der Waals surface area (Å²) in [6.45, 7) is 1.83. The second-order valence-corrected chi connectivity index (χ2v) is 14.8. The fourth-order valence-corrected chi connectivity index (χ4v) is 8.60. The van der Waals surface area contributed by atoms with Gasteiger partial charge in [-0.25, -0.2) is 4.98 Å². The van der Waals surface area contributed by atoms with E-state index in [4.69, 9.17) is 37.7 Å². The molecule has 0 radical (unpaired) electrons. The summed E-state index contributed by atoms with van der Waals surface area (Å²) in [5.41, 5.74) is 8.87. The molecule has 3 aliphatic rings. The number of anilines is 1. The molecule has 3 atom stereocenters. The normalized spacial score (nSPS) is 19.8. The first kappa shape index (κ1) is 36.1. The molecule has 52 heavy (non-hydrogen) atoms. The van der Waals surface area contributed by atoms with Crippen molar-refractivity contribution in [3.63, 3.8) is 0 Å². The quantitative estimate of drug-likeness (QED) is 0.125. The molecule has 0 unspecified atom stereocenters. The van der Waals surface area contributed by atoms with Crippen molar-refractivity contribution >= 4 is 40.8 Å². The molecule has 1 aromatic heterocycles. The lowest BCUT2D eigenvalue weighted by atomic mass is 9.94. The molecule has 0 spiro atoms. The van der Waals surface area contributed by atoms with E-state index in [1.807, 2.05) is 30.3 Å². The maximum absolute atomic E-state index is 11.6. The Bertz CT molecular complexity index is 1990. The molecule has 3 heterocycles. The number of fused-ring (bicyclic) bond motifs is 1. The van der Waals surface area contributed by atoms with Gasteiger partial charge < -0.3 is 25.2 Å². The van der Waals surface area contributed by atoms with Crippen LogP contribution in [0.4, 0.5) is 5.69 Å². The van der Waals surface area contributed by atoms with Crippen LogP contribution in [0.1, 0.15) is 66.8 Å². The van der Waals surface area contributed by atoms with Gasteiger partial charge in [-0.05, 0) is 80.3 Å². The summed E-state index contributed by atoms with van der Waals surface area (Å²) in [6, 6.07) is 20.7. The van der Waals surface area contributed by atoms with E-state index in [-0.39, 0.29) is 23.9 Å². The zero-order chi connectivity index (χ0) is 36.4. The van der Waals surface area contributed by atoms with Gasteiger partial charge in [0, 0.05) is 53.9 Å². The van der Waals surface area contributed by atoms with E-state index in [0.717, 1.165) is 90.0 Å². The number of pyridine rings is 1. The SMILES string of the molecule is COc1cc(N[C@H]2CCc3c(-c4cccc(-c5ccc(CCC[C@@H]6CCC(=O)N6)c(OC)n5)c4Cl)cccc32)c(Cl)cc1CN1CC[C@@H](C(=O)O)C1. The number of aryl methyl sites for hydroxylation is 1. The second kappa shape index (κ2) is 15.7. The van der Waals surface area contributed by atoms with Crippen molar-refractivity contribution in [1.82, 2.24) is 15.2 Å². The predicted molar refractivity (Wildman–Crippen MR) is 204 cm³/mol. The van der Waals surface area contributed by atoms with Crippen LogP contribution in [0.25, 0.3) is 22.4 Å². The summed E-state index contributed by atoms with van der Waals surface area (Å²) in [5.74, 6) is 0.374. The number of halogens is 2. The maximum atomic E-state index is 11.6. The van der Waals surface area contributed by atoms with Crippen LogP contribution in [0.15, 0.2) is 60.7 Å². The lowest BCUT2D eigenvalue weighted by Crippen LogP contribution is -2.25. The Morgan fingerprint density at radius 2 is 1.79 bits per heavy atom. The van der Waals surface area contributed by atoms with Crippen molar-refractivity contribution in [2.75, 3.05) is 32.6 Å². The minimum absolute atomic E-state index is 0.0447. The highest BCUT2D eigenvalue weighted by Crippen LogP contribution is 2.45. The number of nitrogens with one attached hydrogen (secondary N) is 2. The Balaban J connectivity index is 1.08. The zero-order valence-corrected chi connectivity index (χ0v) is 31.0. The van der Waals surface area contributed by atoms with E-state index < -0.39 is 5.97 Å². The Hall–Kier alpha value is -4.31. The smallest absolute Gasteiger partial charge is 0.307 e. The van der Waals surface area contributed by atoms with Gasteiger partial charge in [-0.3, -0.25) is 14.5 Å². The summed E-state index contributed by atoms with van der Waals surface area (Å²) in [5, 5.41) is 17.4. The number of aliphatic carboxylic acids is 1. The fourth-order valence-electron chi connectivity index (χ4n) is 8.04. The molecule has 2 fully saturated rings. The summed E-state index contributed by atoms with van der Waals surface area (Å²) in [7, 11) is 3.29. The van der Waals surface area contributed by atoms with E-state index in [1.54, 1.807) is 14.2 Å². The highest BCUT2D eigenvalue weighted by Gasteiger charge is 2.30. The number of likely N-dealkylation sites (tertiary alicyclic amines) is 1. The Labute approximate surface area is 314 Å². The molecular formula is C41H44Cl2N4O5. The van der Waals surface area contributed by atoms with Crippen molar-refractivity contribution in [3.05, 3.63) is 93.0 Å². The third-order valence-corrected chi connectivity index (χ3v) is 11.5. The van der Waals surface area contributed by atoms with Crippen LogP contribution in [-0.2, 0) is 29.0 Å². The van der Waals surface area contributed by atoms with E-state index >= 15 is 0 Å². The molecule has 3 N–H and O–H groups in total. The number of benzene rings is 3. The molecule has 11 heteroatoms. The lowest BCUT2D eigenvalue weighted by Gasteiger charge is -2.21. The topological polar surface area (TPSA) is 113 Å². The molecule has 3 aromatic carbocycles. The molecule has 0 bridgehead atoms. The number of carboxylic acid groups (broad SMARTS) is 1. The van der Waals surface area contributed by atoms with Crippen LogP contribution in [0.2, 0.25) is 10.0 Å². The van der Waals surface area contributed by atoms with E-state index in [1.165, 1.54) is 11.1 Å². The zero-order valence-electron chi connectivity index (χ0n) is 29.5. The van der Waals surface area contributed by atoms with E-state index in [9.17, 15) is 14.7 Å². The standard InChI is InChI=1S/C41H44Cl2N4O5/c1-51-37-21-36(33(42)20-26(37)23-47-19-18-25(22-47)41(49)50)45-34-16-14-29-28(8-4-9-30(29)34)31-10-5-11-32(39(31)43)35-15-12-24(40(46-35)52-2)6-3-7-27-13-17-38(48)44-27/h4-5,8-12,15,20-21,25,27,34,45H,3,6-7,13-14,16-19,22-23H2,1-2H3,(H,44,48)(H,49,50)/t25-,27-,34+/m1/s1. The van der Waals surface area contributed by atoms with Crippen LogP contribution in [0.5, 0.6) is 11.6 Å². The first-order chi connectivity index (χ1) is 25.2. The molecular weight excluding hydrogens is 699 g/mol. The number of hydrogen-bond donors (Lipinski definition) is 3. The van der Waals surface area contributed by atoms with Gasteiger partial charge in [-0.15, -0.1) is 0 Å². The van der Waals surface area contributed by atoms with Crippen molar-refractivity contribution in [2.24, 2.45) is 5.92 Å². The van der Waals surface area contributed by atoms with Crippen LogP contribution in [-0.4, -0.2) is 60.2 Å². The molecule has 2 saturated heterocycles. The fraction of sp³-hybridized carbons (Fsp3) is 0.390. The minimum atomic E-state index is -0.745. The first-order valence-electron chi connectivity index (χ1n) is 18.0. The average molecular weight is 744 g/mol. The van der Waals surface area contributed by atoms with Crippen molar-refractivity contribution in [3.8, 4) is 34.0 Å². The van der Waals surface area contributed by atoms with Gasteiger partial charge in [0.2, 0.25) is 11.8 Å². The third-order valence-electron chi connectivity index (χ3n) is 10.8. The number of hydrogen-bond acceptors (Lipinski definition) is 7. The Kier molecular flexibility index (Phi) is 10.9. The molecule has 0 saturated carbocycles. The van der Waals surface area contributed by atoms with Crippen LogP contribution in [0, 0.1) is 5.92 Å². The van der Waals surface area contributed by atoms with Gasteiger partial charge in [-0.1, -0.05) is 65.7 Å². The summed E-state index contributed by atoms with van der Waals surface area (Å²) >= 11 is 14.1. The number of carboxylic acids is 1. The Morgan fingerprint density at radius 1 is 0.981 bits per heavy atom. The van der Waals surface area contributed by atoms with Crippen molar-refractivity contribution < 1.29 is 24.2 Å². The van der Waals surface area contributed by atoms with Gasteiger partial charge in [0.1, 0.15) is 5.75 Å². The number of amides is 1. The van der Waals surface area contributed by atoms with Crippen LogP contribution in [0.3, 0.4) is 0 Å². The van der Waals surface area contributed by atoms with Gasteiger partial charge >= 0.3 is 5.97 Å². The molecule has 7 rings (SSSR count). The number of aromatic nitrogens is 1. The molecule has 272 valence electrons. The number of carbonyl (C=O) groups excluding carboxylic acids is 1. The average Bonchev–Trinajstić information content (AvgIpc) is 3.90. The third kappa shape index (κ3) is 7.58.